The van der Waals surface area contributed by atoms with E-state index in [1.54, 1.807) is 6.26 Å². The number of furan rings is 1. The number of hydrogen-bond donors (Lipinski definition) is 2. The first-order valence-corrected chi connectivity index (χ1v) is 7.19. The lowest BCUT2D eigenvalue weighted by atomic mass is 10.0. The third-order valence-corrected chi connectivity index (χ3v) is 3.85. The number of nitrogens with zero attached hydrogens (tertiary/aromatic N) is 2. The van der Waals surface area contributed by atoms with Gasteiger partial charge in [-0.1, -0.05) is 18.2 Å². The highest BCUT2D eigenvalue weighted by atomic mass is 16.3. The molecule has 0 amide bonds. The van der Waals surface area contributed by atoms with E-state index in [1.807, 2.05) is 29.8 Å². The highest BCUT2D eigenvalue weighted by molar-refractivity contribution is 5.82. The van der Waals surface area contributed by atoms with Crippen molar-refractivity contribution in [3.8, 4) is 0 Å². The number of hydrogen-bond acceptors (Lipinski definition) is 4. The Morgan fingerprint density at radius 3 is 2.81 bits per heavy atom. The van der Waals surface area contributed by atoms with Gasteiger partial charge in [0.05, 0.1) is 23.5 Å². The van der Waals surface area contributed by atoms with Gasteiger partial charge in [-0.15, -0.1) is 0 Å². The van der Waals surface area contributed by atoms with Crippen LogP contribution >= 0.6 is 0 Å². The number of rotatable bonds is 5. The Morgan fingerprint density at radius 1 is 1.33 bits per heavy atom. The fraction of sp³-hybridized carbons (Fsp3) is 0.312. The molecule has 110 valence electrons. The minimum absolute atomic E-state index is 0.0800. The summed E-state index contributed by atoms with van der Waals surface area (Å²) in [6.07, 6.45) is 2.39. The van der Waals surface area contributed by atoms with Gasteiger partial charge < -0.3 is 4.42 Å². The Bertz CT molecular complexity index is 744. The molecule has 0 radical (unpaired) electrons. The first-order chi connectivity index (χ1) is 10.2. The van der Waals surface area contributed by atoms with Gasteiger partial charge in [-0.25, -0.2) is 5.43 Å². The molecule has 3 aromatic rings. The number of nitrogens with two attached hydrogens (primary N) is 1. The summed E-state index contributed by atoms with van der Waals surface area (Å²) in [5, 5.41) is 5.88. The number of benzene rings is 1. The van der Waals surface area contributed by atoms with Crippen molar-refractivity contribution in [2.45, 2.75) is 32.9 Å². The lowest BCUT2D eigenvalue weighted by Gasteiger charge is -2.13. The standard InChI is InChI=1S/C16H20N4O/c1-3-20-15-7-5-4-6-12(15)13(19-20)10-14(18-17)16-11(2)8-9-21-16/h4-9,14,18H,3,10,17H2,1-2H3. The molecule has 21 heavy (non-hydrogen) atoms. The van der Waals surface area contributed by atoms with Gasteiger partial charge in [0.1, 0.15) is 5.76 Å². The molecule has 3 N–H and O–H groups in total. The lowest BCUT2D eigenvalue weighted by molar-refractivity contribution is 0.410. The maximum atomic E-state index is 5.72. The molecule has 5 nitrogen and oxygen atoms in total. The second-order valence-electron chi connectivity index (χ2n) is 5.17. The van der Waals surface area contributed by atoms with E-state index in [1.165, 1.54) is 5.39 Å². The SMILES string of the molecule is CCn1nc(CC(NN)c2occc2C)c2ccccc21. The van der Waals surface area contributed by atoms with Gasteiger partial charge >= 0.3 is 0 Å². The van der Waals surface area contributed by atoms with Gasteiger partial charge in [0, 0.05) is 18.4 Å². The van der Waals surface area contributed by atoms with E-state index >= 15 is 0 Å². The summed E-state index contributed by atoms with van der Waals surface area (Å²) in [6, 6.07) is 10.1. The fourth-order valence-corrected chi connectivity index (χ4v) is 2.75. The zero-order chi connectivity index (χ0) is 14.8. The maximum absolute atomic E-state index is 5.72. The van der Waals surface area contributed by atoms with E-state index in [0.29, 0.717) is 6.42 Å². The minimum atomic E-state index is -0.0800. The Morgan fingerprint density at radius 2 is 2.14 bits per heavy atom. The van der Waals surface area contributed by atoms with Crippen LogP contribution in [0.25, 0.3) is 10.9 Å². The second-order valence-corrected chi connectivity index (χ2v) is 5.17. The molecule has 0 saturated heterocycles. The Hall–Kier alpha value is -2.11. The van der Waals surface area contributed by atoms with Crippen LogP contribution in [0.1, 0.15) is 30.0 Å². The van der Waals surface area contributed by atoms with Crippen molar-refractivity contribution in [1.82, 2.24) is 15.2 Å². The first-order valence-electron chi connectivity index (χ1n) is 7.19. The van der Waals surface area contributed by atoms with Crippen molar-refractivity contribution in [3.05, 3.63) is 53.6 Å². The molecule has 0 bridgehead atoms. The monoisotopic (exact) mass is 284 g/mol. The molecule has 2 aromatic heterocycles. The first kappa shape index (κ1) is 13.9. The number of nitrogens with one attached hydrogen (secondary N) is 1. The molecule has 0 fully saturated rings. The molecule has 5 heteroatoms. The van der Waals surface area contributed by atoms with E-state index in [2.05, 4.69) is 24.5 Å². The molecule has 1 atom stereocenters. The third-order valence-electron chi connectivity index (χ3n) is 3.85. The van der Waals surface area contributed by atoms with Crippen LogP contribution in [0.15, 0.2) is 41.0 Å². The van der Waals surface area contributed by atoms with Crippen molar-refractivity contribution in [1.29, 1.82) is 0 Å². The average Bonchev–Trinajstić information content (AvgIpc) is 3.09. The van der Waals surface area contributed by atoms with E-state index in [4.69, 9.17) is 15.4 Å². The molecule has 0 spiro atoms. The van der Waals surface area contributed by atoms with Gasteiger partial charge in [0.2, 0.25) is 0 Å². The van der Waals surface area contributed by atoms with Crippen LogP contribution in [-0.4, -0.2) is 9.78 Å². The van der Waals surface area contributed by atoms with Gasteiger partial charge in [-0.05, 0) is 31.5 Å². The van der Waals surface area contributed by atoms with E-state index in [0.717, 1.165) is 29.1 Å². The lowest BCUT2D eigenvalue weighted by Crippen LogP contribution is -2.30. The highest BCUT2D eigenvalue weighted by Gasteiger charge is 2.20. The van der Waals surface area contributed by atoms with Crippen molar-refractivity contribution in [3.63, 3.8) is 0 Å². The van der Waals surface area contributed by atoms with Gasteiger partial charge in [0.15, 0.2) is 0 Å². The van der Waals surface area contributed by atoms with Crippen molar-refractivity contribution < 1.29 is 4.42 Å². The van der Waals surface area contributed by atoms with Crippen LogP contribution in [0, 0.1) is 6.92 Å². The number of fused-ring (bicyclic) bond motifs is 1. The molecular weight excluding hydrogens is 264 g/mol. The molecule has 3 rings (SSSR count). The number of aromatic nitrogens is 2. The van der Waals surface area contributed by atoms with Gasteiger partial charge in [-0.2, -0.15) is 5.10 Å². The molecule has 1 aromatic carbocycles. The number of para-hydroxylation sites is 1. The molecule has 0 aliphatic heterocycles. The molecule has 1 unspecified atom stereocenters. The second kappa shape index (κ2) is 5.71. The summed E-state index contributed by atoms with van der Waals surface area (Å²) in [6.45, 7) is 4.96. The van der Waals surface area contributed by atoms with E-state index in [9.17, 15) is 0 Å². The van der Waals surface area contributed by atoms with Crippen molar-refractivity contribution >= 4 is 10.9 Å². The van der Waals surface area contributed by atoms with Crippen LogP contribution in [0.4, 0.5) is 0 Å². The molecule has 0 aliphatic rings. The summed E-state index contributed by atoms with van der Waals surface area (Å²) in [7, 11) is 0. The normalized spacial score (nSPS) is 12.9. The zero-order valence-corrected chi connectivity index (χ0v) is 12.3. The summed E-state index contributed by atoms with van der Waals surface area (Å²) in [5.41, 5.74) is 6.13. The van der Waals surface area contributed by atoms with Crippen LogP contribution in [0.3, 0.4) is 0 Å². The van der Waals surface area contributed by atoms with Crippen molar-refractivity contribution in [2.75, 3.05) is 0 Å². The largest absolute Gasteiger partial charge is 0.467 e. The van der Waals surface area contributed by atoms with Gasteiger partial charge in [0.25, 0.3) is 0 Å². The Kier molecular flexibility index (Phi) is 3.77. The highest BCUT2D eigenvalue weighted by Crippen LogP contribution is 2.26. The molecule has 2 heterocycles. The maximum Gasteiger partial charge on any atom is 0.125 e. The predicted octanol–water partition coefficient (Wildman–Crippen LogP) is 2.70. The summed E-state index contributed by atoms with van der Waals surface area (Å²) in [4.78, 5) is 0. The Labute approximate surface area is 123 Å². The predicted molar refractivity (Wildman–Crippen MR) is 82.6 cm³/mol. The fourth-order valence-electron chi connectivity index (χ4n) is 2.75. The molecule has 0 aliphatic carbocycles. The van der Waals surface area contributed by atoms with Crippen LogP contribution in [0.5, 0.6) is 0 Å². The van der Waals surface area contributed by atoms with Crippen LogP contribution in [-0.2, 0) is 13.0 Å². The summed E-state index contributed by atoms with van der Waals surface area (Å²) < 4.78 is 7.58. The van der Waals surface area contributed by atoms with Crippen LogP contribution in [0.2, 0.25) is 0 Å². The topological polar surface area (TPSA) is 69.0 Å². The summed E-state index contributed by atoms with van der Waals surface area (Å²) >= 11 is 0. The van der Waals surface area contributed by atoms with Crippen LogP contribution < -0.4 is 11.3 Å². The van der Waals surface area contributed by atoms with Crippen molar-refractivity contribution in [2.24, 2.45) is 5.84 Å². The number of hydrazine groups is 1. The third kappa shape index (κ3) is 2.46. The Balaban J connectivity index is 1.99. The van der Waals surface area contributed by atoms with E-state index < -0.39 is 0 Å². The summed E-state index contributed by atoms with van der Waals surface area (Å²) in [5.74, 6) is 6.59. The number of aryl methyl sites for hydroxylation is 2. The molecular formula is C16H20N4O. The zero-order valence-electron chi connectivity index (χ0n) is 12.3. The smallest absolute Gasteiger partial charge is 0.125 e. The molecule has 0 saturated carbocycles. The minimum Gasteiger partial charge on any atom is -0.467 e. The average molecular weight is 284 g/mol. The van der Waals surface area contributed by atoms with Gasteiger partial charge in [-0.3, -0.25) is 10.5 Å². The quantitative estimate of drug-likeness (QED) is 0.558. The van der Waals surface area contributed by atoms with E-state index in [-0.39, 0.29) is 6.04 Å².